The molecule has 0 unspecified atom stereocenters. The van der Waals surface area contributed by atoms with Gasteiger partial charge in [0.15, 0.2) is 0 Å². The molecule has 0 N–H and O–H groups in total. The zero-order valence-corrected chi connectivity index (χ0v) is 5.77. The molecule has 3 aliphatic rings. The minimum absolute atomic E-state index is 0.543. The van der Waals surface area contributed by atoms with Crippen LogP contribution in [0.1, 0.15) is 0 Å². The van der Waals surface area contributed by atoms with Gasteiger partial charge in [-0.25, -0.2) is 0 Å². The Kier molecular flexibility index (Phi) is 1.31. The van der Waals surface area contributed by atoms with Gasteiger partial charge < -0.3 is 0 Å². The first-order chi connectivity index (χ1) is 4.95. The van der Waals surface area contributed by atoms with Crippen molar-refractivity contribution in [3.05, 3.63) is 48.6 Å². The normalized spacial score (nSPS) is 40.8. The van der Waals surface area contributed by atoms with Crippen molar-refractivity contribution in [2.24, 2.45) is 11.8 Å². The van der Waals surface area contributed by atoms with E-state index >= 15 is 0 Å². The summed E-state index contributed by atoms with van der Waals surface area (Å²) in [6.07, 6.45) is 17.6. The van der Waals surface area contributed by atoms with E-state index in [4.69, 9.17) is 0 Å². The Balaban J connectivity index is 2.38. The van der Waals surface area contributed by atoms with Gasteiger partial charge in [-0.15, -0.1) is 0 Å². The van der Waals surface area contributed by atoms with Gasteiger partial charge in [-0.1, -0.05) is 48.6 Å². The first-order valence-electron chi connectivity index (χ1n) is 3.67. The number of rotatable bonds is 0. The second-order valence-electron chi connectivity index (χ2n) is 2.69. The van der Waals surface area contributed by atoms with Crippen molar-refractivity contribution in [3.63, 3.8) is 0 Å². The molecular formula is C10H10. The average Bonchev–Trinajstić information content (AvgIpc) is 1.89. The van der Waals surface area contributed by atoms with Gasteiger partial charge in [0.2, 0.25) is 0 Å². The predicted molar refractivity (Wildman–Crippen MR) is 43.5 cm³/mol. The van der Waals surface area contributed by atoms with Crippen LogP contribution in [0.2, 0.25) is 0 Å². The van der Waals surface area contributed by atoms with E-state index in [1.54, 1.807) is 0 Å². The first-order valence-corrected chi connectivity index (χ1v) is 3.67. The molecule has 3 aliphatic carbocycles. The van der Waals surface area contributed by atoms with Crippen molar-refractivity contribution in [3.8, 4) is 0 Å². The van der Waals surface area contributed by atoms with Crippen LogP contribution in [-0.2, 0) is 0 Å². The Morgan fingerprint density at radius 2 is 0.900 bits per heavy atom. The fraction of sp³-hybridized carbons (Fsp3) is 0.200. The summed E-state index contributed by atoms with van der Waals surface area (Å²) < 4.78 is 0. The molecule has 0 nitrogen and oxygen atoms in total. The van der Waals surface area contributed by atoms with Crippen molar-refractivity contribution in [2.75, 3.05) is 0 Å². The van der Waals surface area contributed by atoms with Crippen LogP contribution in [0.4, 0.5) is 0 Å². The monoisotopic (exact) mass is 130 g/mol. The van der Waals surface area contributed by atoms with Crippen molar-refractivity contribution in [1.29, 1.82) is 0 Å². The van der Waals surface area contributed by atoms with E-state index in [1.165, 1.54) is 0 Å². The Bertz CT molecular complexity index is 190. The minimum Gasteiger partial charge on any atom is -0.0769 e. The lowest BCUT2D eigenvalue weighted by molar-refractivity contribution is 0.929. The van der Waals surface area contributed by atoms with Crippen LogP contribution in [0.15, 0.2) is 48.6 Å². The van der Waals surface area contributed by atoms with Gasteiger partial charge >= 0.3 is 0 Å². The molecule has 0 aromatic heterocycles. The summed E-state index contributed by atoms with van der Waals surface area (Å²) in [5, 5.41) is 0. The van der Waals surface area contributed by atoms with E-state index in [0.29, 0.717) is 11.8 Å². The van der Waals surface area contributed by atoms with Gasteiger partial charge in [0.05, 0.1) is 0 Å². The Hall–Kier alpha value is -1.04. The molecule has 0 spiro atoms. The molecular weight excluding hydrogens is 120 g/mol. The van der Waals surface area contributed by atoms with Gasteiger partial charge in [0, 0.05) is 11.8 Å². The summed E-state index contributed by atoms with van der Waals surface area (Å²) >= 11 is 0. The minimum atomic E-state index is 0.543. The summed E-state index contributed by atoms with van der Waals surface area (Å²) in [5.41, 5.74) is 0. The molecule has 0 aromatic rings. The number of fused-ring (bicyclic) bond motifs is 1. The molecule has 0 saturated carbocycles. The van der Waals surface area contributed by atoms with E-state index in [0.717, 1.165) is 0 Å². The predicted octanol–water partition coefficient (Wildman–Crippen LogP) is 2.47. The van der Waals surface area contributed by atoms with Gasteiger partial charge in [-0.3, -0.25) is 0 Å². The lowest BCUT2D eigenvalue weighted by Gasteiger charge is -2.12. The fourth-order valence-electron chi connectivity index (χ4n) is 1.28. The molecule has 0 aliphatic heterocycles. The zero-order chi connectivity index (χ0) is 6.81. The first kappa shape index (κ1) is 5.72. The Morgan fingerprint density at radius 1 is 0.500 bits per heavy atom. The highest BCUT2D eigenvalue weighted by atomic mass is 14.1. The van der Waals surface area contributed by atoms with Crippen molar-refractivity contribution >= 4 is 0 Å². The largest absolute Gasteiger partial charge is 0.0769 e. The lowest BCUT2D eigenvalue weighted by atomic mass is 9.93. The Labute approximate surface area is 61.3 Å². The second kappa shape index (κ2) is 2.30. The number of hydrogen-bond acceptors (Lipinski definition) is 0. The van der Waals surface area contributed by atoms with Crippen molar-refractivity contribution in [1.82, 2.24) is 0 Å². The standard InChI is InChI=1S/C10H10/c1-2-4-10-7-5-9(3-1)6-8-10/h1-10H/b3-1-,4-2+. The molecule has 2 bridgehead atoms. The van der Waals surface area contributed by atoms with Crippen LogP contribution in [-0.4, -0.2) is 0 Å². The van der Waals surface area contributed by atoms with Crippen LogP contribution < -0.4 is 0 Å². The van der Waals surface area contributed by atoms with Gasteiger partial charge in [-0.2, -0.15) is 0 Å². The summed E-state index contributed by atoms with van der Waals surface area (Å²) in [7, 11) is 0. The topological polar surface area (TPSA) is 0 Å². The van der Waals surface area contributed by atoms with E-state index in [-0.39, 0.29) is 0 Å². The summed E-state index contributed by atoms with van der Waals surface area (Å²) in [5.74, 6) is 1.09. The molecule has 0 saturated heterocycles. The molecule has 0 fully saturated rings. The molecule has 10 heavy (non-hydrogen) atoms. The van der Waals surface area contributed by atoms with Crippen molar-refractivity contribution < 1.29 is 0 Å². The van der Waals surface area contributed by atoms with E-state index < -0.39 is 0 Å². The third-order valence-corrected chi connectivity index (χ3v) is 1.89. The van der Waals surface area contributed by atoms with Crippen LogP contribution in [0.25, 0.3) is 0 Å². The van der Waals surface area contributed by atoms with Crippen LogP contribution in [0, 0.1) is 11.8 Å². The maximum Gasteiger partial charge on any atom is 0.0131 e. The Morgan fingerprint density at radius 3 is 1.30 bits per heavy atom. The quantitative estimate of drug-likeness (QED) is 0.442. The fourth-order valence-corrected chi connectivity index (χ4v) is 1.28. The number of allylic oxidation sites excluding steroid dienone is 8. The summed E-state index contributed by atoms with van der Waals surface area (Å²) in [4.78, 5) is 0. The highest BCUT2D eigenvalue weighted by Gasteiger charge is 2.04. The maximum absolute atomic E-state index is 2.24. The van der Waals surface area contributed by atoms with Crippen LogP contribution in [0.3, 0.4) is 0 Å². The van der Waals surface area contributed by atoms with E-state index in [1.807, 2.05) is 0 Å². The maximum atomic E-state index is 2.24. The van der Waals surface area contributed by atoms with Gasteiger partial charge in [0.1, 0.15) is 0 Å². The summed E-state index contributed by atoms with van der Waals surface area (Å²) in [6.45, 7) is 0. The molecule has 0 radical (unpaired) electrons. The third kappa shape index (κ3) is 0.971. The molecule has 0 atom stereocenters. The third-order valence-electron chi connectivity index (χ3n) is 1.89. The summed E-state index contributed by atoms with van der Waals surface area (Å²) in [6, 6.07) is 0. The smallest absolute Gasteiger partial charge is 0.0131 e. The van der Waals surface area contributed by atoms with Crippen molar-refractivity contribution in [2.45, 2.75) is 0 Å². The highest BCUT2D eigenvalue weighted by molar-refractivity contribution is 5.27. The highest BCUT2D eigenvalue weighted by Crippen LogP contribution is 2.18. The molecule has 0 heteroatoms. The van der Waals surface area contributed by atoms with Crippen LogP contribution in [0.5, 0.6) is 0 Å². The SMILES string of the molecule is C1=CC2C=CC1/C=C\C=C\2. The second-order valence-corrected chi connectivity index (χ2v) is 2.69. The number of hydrogen-bond donors (Lipinski definition) is 0. The average molecular weight is 130 g/mol. The van der Waals surface area contributed by atoms with E-state index in [2.05, 4.69) is 48.6 Å². The zero-order valence-electron chi connectivity index (χ0n) is 5.77. The molecule has 0 aromatic carbocycles. The van der Waals surface area contributed by atoms with Gasteiger partial charge in [0.25, 0.3) is 0 Å². The lowest BCUT2D eigenvalue weighted by Crippen LogP contribution is -1.98. The molecule has 0 heterocycles. The molecule has 3 rings (SSSR count). The van der Waals surface area contributed by atoms with Crippen LogP contribution >= 0.6 is 0 Å². The van der Waals surface area contributed by atoms with E-state index in [9.17, 15) is 0 Å². The molecule has 50 valence electrons. The molecule has 0 amide bonds. The van der Waals surface area contributed by atoms with Gasteiger partial charge in [-0.05, 0) is 0 Å².